The predicted octanol–water partition coefficient (Wildman–Crippen LogP) is 1.62. The Morgan fingerprint density at radius 1 is 1.26 bits per heavy atom. The second-order valence-electron chi connectivity index (χ2n) is 5.71. The molecule has 0 unspecified atom stereocenters. The van der Waals surface area contributed by atoms with E-state index in [4.69, 9.17) is 5.26 Å². The van der Waals surface area contributed by atoms with Crippen LogP contribution in [-0.2, 0) is 4.79 Å². The zero-order valence-electron chi connectivity index (χ0n) is 11.1. The molecule has 0 aromatic heterocycles. The van der Waals surface area contributed by atoms with Gasteiger partial charge in [-0.3, -0.25) is 4.79 Å². The fourth-order valence-corrected chi connectivity index (χ4v) is 3.15. The second kappa shape index (κ2) is 4.27. The first-order valence-electron chi connectivity index (χ1n) is 6.63. The van der Waals surface area contributed by atoms with Crippen molar-refractivity contribution < 1.29 is 4.79 Å². The van der Waals surface area contributed by atoms with Crippen LogP contribution in [0.2, 0.25) is 0 Å². The maximum absolute atomic E-state index is 11.3. The Labute approximate surface area is 113 Å². The van der Waals surface area contributed by atoms with Crippen LogP contribution in [0.1, 0.15) is 18.9 Å². The van der Waals surface area contributed by atoms with E-state index in [1.807, 2.05) is 29.2 Å². The lowest BCUT2D eigenvalue weighted by Gasteiger charge is -2.47. The van der Waals surface area contributed by atoms with Gasteiger partial charge in [0.1, 0.15) is 0 Å². The monoisotopic (exact) mass is 255 g/mol. The van der Waals surface area contributed by atoms with Crippen LogP contribution in [-0.4, -0.2) is 37.0 Å². The maximum atomic E-state index is 11.3. The van der Waals surface area contributed by atoms with Gasteiger partial charge in [0.05, 0.1) is 11.6 Å². The number of benzene rings is 1. The zero-order chi connectivity index (χ0) is 13.5. The van der Waals surface area contributed by atoms with Gasteiger partial charge in [-0.25, -0.2) is 0 Å². The van der Waals surface area contributed by atoms with Gasteiger partial charge in [0.2, 0.25) is 5.91 Å². The van der Waals surface area contributed by atoms with Gasteiger partial charge in [-0.15, -0.1) is 0 Å². The third-order valence-corrected chi connectivity index (χ3v) is 4.30. The summed E-state index contributed by atoms with van der Waals surface area (Å²) in [4.78, 5) is 15.5. The van der Waals surface area contributed by atoms with Crippen LogP contribution in [0.4, 0.5) is 5.69 Å². The molecule has 2 aliphatic heterocycles. The van der Waals surface area contributed by atoms with E-state index >= 15 is 0 Å². The number of carbonyl (C=O) groups excluding carboxylic acids is 1. The Balaban J connectivity index is 1.66. The molecular weight excluding hydrogens is 238 g/mol. The molecule has 98 valence electrons. The summed E-state index contributed by atoms with van der Waals surface area (Å²) >= 11 is 0. The van der Waals surface area contributed by atoms with Crippen LogP contribution in [0.5, 0.6) is 0 Å². The van der Waals surface area contributed by atoms with E-state index in [9.17, 15) is 4.79 Å². The van der Waals surface area contributed by atoms with Crippen molar-refractivity contribution in [2.45, 2.75) is 13.3 Å². The average Bonchev–Trinajstić information content (AvgIpc) is 2.82. The van der Waals surface area contributed by atoms with Crippen molar-refractivity contribution in [1.82, 2.24) is 4.90 Å². The maximum Gasteiger partial charge on any atom is 0.219 e. The molecule has 2 fully saturated rings. The first-order valence-corrected chi connectivity index (χ1v) is 6.63. The standard InChI is InChI=1S/C15H17N3O/c1-12(19)18-10-15(11-18)6-7-17(9-15)14-4-2-13(8-16)3-5-14/h2-5H,6-7,9-11H2,1H3. The number of carbonyl (C=O) groups is 1. The summed E-state index contributed by atoms with van der Waals surface area (Å²) in [5, 5.41) is 8.80. The highest BCUT2D eigenvalue weighted by molar-refractivity contribution is 5.74. The first-order chi connectivity index (χ1) is 9.12. The van der Waals surface area contributed by atoms with E-state index in [1.54, 1.807) is 6.92 Å². The van der Waals surface area contributed by atoms with Crippen LogP contribution < -0.4 is 4.90 Å². The Hall–Kier alpha value is -2.02. The van der Waals surface area contributed by atoms with E-state index in [-0.39, 0.29) is 5.91 Å². The van der Waals surface area contributed by atoms with Gasteiger partial charge in [-0.1, -0.05) is 0 Å². The van der Waals surface area contributed by atoms with Gasteiger partial charge in [0, 0.05) is 44.2 Å². The summed E-state index contributed by atoms with van der Waals surface area (Å²) in [5.41, 5.74) is 2.18. The highest BCUT2D eigenvalue weighted by atomic mass is 16.2. The predicted molar refractivity (Wildman–Crippen MR) is 72.7 cm³/mol. The minimum absolute atomic E-state index is 0.183. The second-order valence-corrected chi connectivity index (χ2v) is 5.71. The largest absolute Gasteiger partial charge is 0.371 e. The van der Waals surface area contributed by atoms with E-state index in [0.29, 0.717) is 11.0 Å². The van der Waals surface area contributed by atoms with E-state index < -0.39 is 0 Å². The molecule has 3 rings (SSSR count). The van der Waals surface area contributed by atoms with Gasteiger partial charge in [0.25, 0.3) is 0 Å². The van der Waals surface area contributed by atoms with E-state index in [0.717, 1.165) is 32.6 Å². The number of nitriles is 1. The zero-order valence-corrected chi connectivity index (χ0v) is 11.1. The van der Waals surface area contributed by atoms with Crippen molar-refractivity contribution in [3.8, 4) is 6.07 Å². The molecule has 4 heteroatoms. The summed E-state index contributed by atoms with van der Waals surface area (Å²) in [6.45, 7) is 5.49. The van der Waals surface area contributed by atoms with Crippen LogP contribution in [0, 0.1) is 16.7 Å². The molecule has 2 heterocycles. The lowest BCUT2D eigenvalue weighted by Crippen LogP contribution is -2.58. The lowest BCUT2D eigenvalue weighted by atomic mass is 9.79. The third-order valence-electron chi connectivity index (χ3n) is 4.30. The number of hydrogen-bond donors (Lipinski definition) is 0. The molecule has 19 heavy (non-hydrogen) atoms. The van der Waals surface area contributed by atoms with Gasteiger partial charge < -0.3 is 9.80 Å². The number of likely N-dealkylation sites (tertiary alicyclic amines) is 1. The van der Waals surface area contributed by atoms with Crippen molar-refractivity contribution in [2.75, 3.05) is 31.1 Å². The molecular formula is C15H17N3O. The highest BCUT2D eigenvalue weighted by Crippen LogP contribution is 2.41. The Kier molecular flexibility index (Phi) is 2.70. The molecule has 0 radical (unpaired) electrons. The fourth-order valence-electron chi connectivity index (χ4n) is 3.15. The Morgan fingerprint density at radius 3 is 2.53 bits per heavy atom. The molecule has 1 aromatic rings. The van der Waals surface area contributed by atoms with E-state index in [2.05, 4.69) is 11.0 Å². The number of amides is 1. The van der Waals surface area contributed by atoms with Crippen LogP contribution in [0.3, 0.4) is 0 Å². The number of anilines is 1. The van der Waals surface area contributed by atoms with Crippen LogP contribution in [0.15, 0.2) is 24.3 Å². The van der Waals surface area contributed by atoms with Gasteiger partial charge in [-0.05, 0) is 30.7 Å². The van der Waals surface area contributed by atoms with Crippen molar-refractivity contribution in [1.29, 1.82) is 5.26 Å². The molecule has 0 saturated carbocycles. The normalized spacial score (nSPS) is 20.2. The Bertz CT molecular complexity index is 538. The van der Waals surface area contributed by atoms with Gasteiger partial charge >= 0.3 is 0 Å². The topological polar surface area (TPSA) is 47.3 Å². The highest BCUT2D eigenvalue weighted by Gasteiger charge is 2.48. The summed E-state index contributed by atoms with van der Waals surface area (Å²) in [5.74, 6) is 0.183. The summed E-state index contributed by atoms with van der Waals surface area (Å²) < 4.78 is 0. The molecule has 0 atom stereocenters. The minimum Gasteiger partial charge on any atom is -0.371 e. The van der Waals surface area contributed by atoms with Crippen molar-refractivity contribution >= 4 is 11.6 Å². The number of nitrogens with zero attached hydrogens (tertiary/aromatic N) is 3. The molecule has 1 amide bonds. The van der Waals surface area contributed by atoms with Crippen molar-refractivity contribution in [3.63, 3.8) is 0 Å². The quantitative estimate of drug-likeness (QED) is 0.766. The molecule has 0 N–H and O–H groups in total. The van der Waals surface area contributed by atoms with Gasteiger partial charge in [0.15, 0.2) is 0 Å². The molecule has 4 nitrogen and oxygen atoms in total. The van der Waals surface area contributed by atoms with Gasteiger partial charge in [-0.2, -0.15) is 5.26 Å². The van der Waals surface area contributed by atoms with E-state index in [1.165, 1.54) is 5.69 Å². The average molecular weight is 255 g/mol. The molecule has 1 aromatic carbocycles. The fraction of sp³-hybridized carbons (Fsp3) is 0.467. The third kappa shape index (κ3) is 2.06. The van der Waals surface area contributed by atoms with Crippen LogP contribution >= 0.6 is 0 Å². The number of hydrogen-bond acceptors (Lipinski definition) is 3. The molecule has 1 spiro atoms. The first kappa shape index (κ1) is 12.0. The summed E-state index contributed by atoms with van der Waals surface area (Å²) in [6, 6.07) is 9.89. The molecule has 0 bridgehead atoms. The minimum atomic E-state index is 0.183. The number of rotatable bonds is 1. The Morgan fingerprint density at radius 2 is 1.95 bits per heavy atom. The summed E-state index contributed by atoms with van der Waals surface area (Å²) in [7, 11) is 0. The lowest BCUT2D eigenvalue weighted by molar-refractivity contribution is -0.139. The molecule has 2 aliphatic rings. The van der Waals surface area contributed by atoms with Crippen molar-refractivity contribution in [2.24, 2.45) is 5.41 Å². The molecule has 2 saturated heterocycles. The molecule has 0 aliphatic carbocycles. The van der Waals surface area contributed by atoms with Crippen LogP contribution in [0.25, 0.3) is 0 Å². The van der Waals surface area contributed by atoms with Crippen molar-refractivity contribution in [3.05, 3.63) is 29.8 Å². The smallest absolute Gasteiger partial charge is 0.219 e. The SMILES string of the molecule is CC(=O)N1CC2(CCN(c3ccc(C#N)cc3)C2)C1. The summed E-state index contributed by atoms with van der Waals surface area (Å²) in [6.07, 6.45) is 1.15.